The molecule has 0 aliphatic heterocycles. The first-order chi connectivity index (χ1) is 12.6. The van der Waals surface area contributed by atoms with Crippen LogP contribution in [-0.2, 0) is 4.74 Å². The van der Waals surface area contributed by atoms with E-state index in [0.29, 0.717) is 43.4 Å². The van der Waals surface area contributed by atoms with Gasteiger partial charge in [0, 0.05) is 17.9 Å². The fourth-order valence-electron chi connectivity index (χ4n) is 2.13. The van der Waals surface area contributed by atoms with Gasteiger partial charge in [0.15, 0.2) is 0 Å². The van der Waals surface area contributed by atoms with E-state index < -0.39 is 0 Å². The predicted molar refractivity (Wildman–Crippen MR) is 103 cm³/mol. The molecule has 1 amide bonds. The second kappa shape index (κ2) is 10.3. The molecule has 138 valence electrons. The number of amides is 1. The molecule has 0 fully saturated rings. The minimum Gasteiger partial charge on any atom is -0.491 e. The van der Waals surface area contributed by atoms with Gasteiger partial charge in [0.2, 0.25) is 0 Å². The third-order valence-corrected chi connectivity index (χ3v) is 3.39. The Morgan fingerprint density at radius 3 is 2.50 bits per heavy atom. The van der Waals surface area contributed by atoms with E-state index in [4.69, 9.17) is 14.2 Å². The van der Waals surface area contributed by atoms with Gasteiger partial charge in [-0.3, -0.25) is 4.79 Å². The quantitative estimate of drug-likeness (QED) is 0.510. The van der Waals surface area contributed by atoms with Crippen LogP contribution in [-0.4, -0.2) is 32.3 Å². The average molecular weight is 355 g/mol. The molecule has 2 aromatic rings. The summed E-state index contributed by atoms with van der Waals surface area (Å²) in [5.41, 5.74) is 2.14. The van der Waals surface area contributed by atoms with Crippen LogP contribution in [0.3, 0.4) is 0 Å². The molecule has 0 atom stereocenters. The maximum Gasteiger partial charge on any atom is 0.255 e. The van der Waals surface area contributed by atoms with Crippen LogP contribution in [0.2, 0.25) is 0 Å². The molecule has 0 aliphatic carbocycles. The largest absolute Gasteiger partial charge is 0.491 e. The van der Waals surface area contributed by atoms with E-state index in [1.807, 2.05) is 32.0 Å². The minimum atomic E-state index is -0.198. The highest BCUT2D eigenvalue weighted by Gasteiger charge is 2.08. The van der Waals surface area contributed by atoms with E-state index in [0.717, 1.165) is 11.3 Å². The number of carbonyl (C=O) groups is 1. The number of ether oxygens (including phenoxy) is 3. The third-order valence-electron chi connectivity index (χ3n) is 3.39. The van der Waals surface area contributed by atoms with Gasteiger partial charge in [-0.25, -0.2) is 0 Å². The van der Waals surface area contributed by atoms with Crippen molar-refractivity contribution in [3.8, 4) is 11.5 Å². The normalized spacial score (nSPS) is 10.2. The van der Waals surface area contributed by atoms with Crippen LogP contribution in [0, 0.1) is 0 Å². The molecular formula is C21H25NO4. The van der Waals surface area contributed by atoms with Gasteiger partial charge in [0.1, 0.15) is 24.7 Å². The Morgan fingerprint density at radius 1 is 1.04 bits per heavy atom. The van der Waals surface area contributed by atoms with Gasteiger partial charge in [0.05, 0.1) is 6.61 Å². The highest BCUT2D eigenvalue weighted by molar-refractivity contribution is 6.04. The zero-order valence-electron chi connectivity index (χ0n) is 15.3. The lowest BCUT2D eigenvalue weighted by Gasteiger charge is -2.10. The van der Waals surface area contributed by atoms with Crippen LogP contribution in [0.15, 0.2) is 60.7 Å². The van der Waals surface area contributed by atoms with Crippen molar-refractivity contribution in [2.45, 2.75) is 13.8 Å². The smallest absolute Gasteiger partial charge is 0.255 e. The van der Waals surface area contributed by atoms with Gasteiger partial charge in [0.25, 0.3) is 5.91 Å². The average Bonchev–Trinajstić information content (AvgIpc) is 2.65. The van der Waals surface area contributed by atoms with Crippen molar-refractivity contribution >= 4 is 11.6 Å². The van der Waals surface area contributed by atoms with Crippen LogP contribution in [0.5, 0.6) is 11.5 Å². The Morgan fingerprint density at radius 2 is 1.81 bits per heavy atom. The lowest BCUT2D eigenvalue weighted by atomic mass is 10.2. The predicted octanol–water partition coefficient (Wildman–Crippen LogP) is 4.31. The topological polar surface area (TPSA) is 56.8 Å². The van der Waals surface area contributed by atoms with Crippen LogP contribution < -0.4 is 14.8 Å². The Kier molecular flexibility index (Phi) is 7.71. The summed E-state index contributed by atoms with van der Waals surface area (Å²) in [5, 5.41) is 2.86. The van der Waals surface area contributed by atoms with E-state index in [9.17, 15) is 4.79 Å². The zero-order chi connectivity index (χ0) is 18.8. The molecule has 5 nitrogen and oxygen atoms in total. The highest BCUT2D eigenvalue weighted by atomic mass is 16.5. The number of rotatable bonds is 10. The molecule has 2 rings (SSSR count). The SMILES string of the molecule is C=C(C)COc1cccc(C(=O)Nc2ccc(OCCOCC)cc2)c1. The first-order valence-electron chi connectivity index (χ1n) is 8.57. The second-order valence-electron chi connectivity index (χ2n) is 5.80. The molecular weight excluding hydrogens is 330 g/mol. The second-order valence-corrected chi connectivity index (χ2v) is 5.80. The Balaban J connectivity index is 1.90. The van der Waals surface area contributed by atoms with Gasteiger partial charge in [-0.1, -0.05) is 12.6 Å². The lowest BCUT2D eigenvalue weighted by molar-refractivity contribution is 0.102. The van der Waals surface area contributed by atoms with E-state index in [-0.39, 0.29) is 5.91 Å². The molecule has 0 saturated heterocycles. The molecule has 0 bridgehead atoms. The first kappa shape index (κ1) is 19.5. The fraction of sp³-hybridized carbons (Fsp3) is 0.286. The summed E-state index contributed by atoms with van der Waals surface area (Å²) in [5.74, 6) is 1.17. The van der Waals surface area contributed by atoms with E-state index >= 15 is 0 Å². The van der Waals surface area contributed by atoms with E-state index in [1.165, 1.54) is 0 Å². The van der Waals surface area contributed by atoms with Crippen LogP contribution >= 0.6 is 0 Å². The molecule has 0 unspecified atom stereocenters. The fourth-order valence-corrected chi connectivity index (χ4v) is 2.13. The van der Waals surface area contributed by atoms with Gasteiger partial charge in [-0.05, 0) is 61.9 Å². The summed E-state index contributed by atoms with van der Waals surface area (Å²) in [4.78, 5) is 12.4. The number of nitrogens with one attached hydrogen (secondary N) is 1. The molecule has 0 heterocycles. The molecule has 0 aromatic heterocycles. The zero-order valence-corrected chi connectivity index (χ0v) is 15.3. The van der Waals surface area contributed by atoms with Crippen LogP contribution in [0.1, 0.15) is 24.2 Å². The summed E-state index contributed by atoms with van der Waals surface area (Å²) >= 11 is 0. The monoisotopic (exact) mass is 355 g/mol. The Hall–Kier alpha value is -2.79. The maximum absolute atomic E-state index is 12.4. The summed E-state index contributed by atoms with van der Waals surface area (Å²) < 4.78 is 16.3. The number of anilines is 1. The summed E-state index contributed by atoms with van der Waals surface area (Å²) in [6, 6.07) is 14.3. The molecule has 1 N–H and O–H groups in total. The number of hydrogen-bond acceptors (Lipinski definition) is 4. The summed E-state index contributed by atoms with van der Waals surface area (Å²) in [7, 11) is 0. The van der Waals surface area contributed by atoms with E-state index in [2.05, 4.69) is 11.9 Å². The lowest BCUT2D eigenvalue weighted by Crippen LogP contribution is -2.12. The van der Waals surface area contributed by atoms with Crippen molar-refractivity contribution in [2.24, 2.45) is 0 Å². The Bertz CT molecular complexity index is 725. The third kappa shape index (κ3) is 6.61. The summed E-state index contributed by atoms with van der Waals surface area (Å²) in [6.45, 7) is 9.78. The highest BCUT2D eigenvalue weighted by Crippen LogP contribution is 2.18. The standard InChI is InChI=1S/C21H25NO4/c1-4-24-12-13-25-19-10-8-18(9-11-19)22-21(23)17-6-5-7-20(14-17)26-15-16(2)3/h5-11,14H,2,4,12-13,15H2,1,3H3,(H,22,23). The van der Waals surface area contributed by atoms with Gasteiger partial charge in [-0.15, -0.1) is 0 Å². The molecule has 0 saturated carbocycles. The molecule has 2 aromatic carbocycles. The van der Waals surface area contributed by atoms with Crippen molar-refractivity contribution in [3.05, 3.63) is 66.2 Å². The first-order valence-corrected chi connectivity index (χ1v) is 8.57. The minimum absolute atomic E-state index is 0.198. The number of carbonyl (C=O) groups excluding carboxylic acids is 1. The number of hydrogen-bond donors (Lipinski definition) is 1. The van der Waals surface area contributed by atoms with Crippen molar-refractivity contribution in [2.75, 3.05) is 31.7 Å². The van der Waals surface area contributed by atoms with Crippen molar-refractivity contribution in [1.82, 2.24) is 0 Å². The van der Waals surface area contributed by atoms with Gasteiger partial charge < -0.3 is 19.5 Å². The van der Waals surface area contributed by atoms with Gasteiger partial charge in [-0.2, -0.15) is 0 Å². The molecule has 0 radical (unpaired) electrons. The van der Waals surface area contributed by atoms with Crippen molar-refractivity contribution in [3.63, 3.8) is 0 Å². The Labute approximate surface area is 154 Å². The molecule has 0 spiro atoms. The molecule has 5 heteroatoms. The van der Waals surface area contributed by atoms with E-state index in [1.54, 1.807) is 30.3 Å². The number of benzene rings is 2. The van der Waals surface area contributed by atoms with Gasteiger partial charge >= 0.3 is 0 Å². The maximum atomic E-state index is 12.4. The van der Waals surface area contributed by atoms with Crippen molar-refractivity contribution in [1.29, 1.82) is 0 Å². The summed E-state index contributed by atoms with van der Waals surface area (Å²) in [6.07, 6.45) is 0. The molecule has 26 heavy (non-hydrogen) atoms. The van der Waals surface area contributed by atoms with Crippen LogP contribution in [0.25, 0.3) is 0 Å². The van der Waals surface area contributed by atoms with Crippen LogP contribution in [0.4, 0.5) is 5.69 Å². The molecule has 0 aliphatic rings. The van der Waals surface area contributed by atoms with Crippen molar-refractivity contribution < 1.29 is 19.0 Å².